The van der Waals surface area contributed by atoms with E-state index in [0.29, 0.717) is 201 Å². The summed E-state index contributed by atoms with van der Waals surface area (Å²) in [5.74, 6) is -0.117. The van der Waals surface area contributed by atoms with E-state index in [1.165, 1.54) is 14.2 Å². The Balaban J connectivity index is 0.479. The molecule has 0 spiro atoms. The van der Waals surface area contributed by atoms with E-state index in [0.717, 1.165) is 39.2 Å². The zero-order chi connectivity index (χ0) is 83.7. The van der Waals surface area contributed by atoms with Crippen LogP contribution in [-0.2, 0) is 66.7 Å². The van der Waals surface area contributed by atoms with Gasteiger partial charge in [0.25, 0.3) is 5.91 Å². The first-order chi connectivity index (χ1) is 58.0. The number of hydrogen-bond donors (Lipinski definition) is 4. The molecule has 5 amide bonds. The highest BCUT2D eigenvalue weighted by atomic mass is 16.7. The van der Waals surface area contributed by atoms with Crippen LogP contribution >= 0.6 is 0 Å². The van der Waals surface area contributed by atoms with Crippen molar-refractivity contribution in [3.05, 3.63) is 161 Å². The Morgan fingerprint density at radius 2 is 1.13 bits per heavy atom. The topological polar surface area (TPSA) is 342 Å². The number of allylic oxidation sites excluding steroid dienone is 12. The van der Waals surface area contributed by atoms with Crippen molar-refractivity contribution in [3.63, 3.8) is 0 Å². The van der Waals surface area contributed by atoms with Gasteiger partial charge >= 0.3 is 0 Å². The standard InChI is InChI=1S/C90H109N7O22/c1-59(2)86(96-85(101)26-30-108-32-34-110-36-38-112-40-42-114-44-45-115-43-41-113-39-37-111-35-33-109-31-27-91-84(100)17-12-11-16-70-77(99)50-71(87(70)102)62-14-9-7-6-8-10-15-62)89(104)94-60(3)88(103)95-68-23-20-61(21-24-68)67-47-69-56-93-75-54-83(80(107-5)52-73(75)90(105)97(69)57-67)117-29-13-28-116-82-53-74-72(51-79(82)106-4)76(98)48-64-19-18-63(46-66(64)55-92-74)65-22-25-78-81(49-65)119-58-118-78/h6-10,14-15,18-25,49,51-57,59-60,66,69-71,86H,11-13,16-17,26-48,50,58H2,1-5H3,(H,91,100)(H,94,104)(H,95,103)(H,96,101)/b7-6-,8-6?,9-7?,10-8-,14-9?,15-10?,62-14?,62-15?,92-55?/t60-,66-,69-,70?,71?,86?/m0/s1. The van der Waals surface area contributed by atoms with E-state index in [9.17, 15) is 38.4 Å². The maximum Gasteiger partial charge on any atom is 0.260 e. The number of ketones is 3. The van der Waals surface area contributed by atoms with Crippen molar-refractivity contribution in [2.75, 3.05) is 152 Å². The maximum absolute atomic E-state index is 14.2. The predicted molar refractivity (Wildman–Crippen MR) is 445 cm³/mol. The Bertz CT molecular complexity index is 4480. The number of unbranched alkanes of at least 4 members (excludes halogenated alkanes) is 1. The lowest BCUT2D eigenvalue weighted by atomic mass is 9.81. The van der Waals surface area contributed by atoms with Crippen molar-refractivity contribution in [2.24, 2.45) is 33.7 Å². The largest absolute Gasteiger partial charge is 0.493 e. The molecule has 0 bridgehead atoms. The summed E-state index contributed by atoms with van der Waals surface area (Å²) in [6.07, 6.45) is 26.9. The van der Waals surface area contributed by atoms with Crippen LogP contribution in [0.3, 0.4) is 0 Å². The molecule has 6 atom stereocenters. The van der Waals surface area contributed by atoms with Gasteiger partial charge in [-0.2, -0.15) is 0 Å². The Morgan fingerprint density at radius 1 is 0.538 bits per heavy atom. The molecule has 1 fully saturated rings. The first kappa shape index (κ1) is 89.0. The molecule has 4 aromatic rings. The fraction of sp³-hybridized carbons (Fsp3) is 0.467. The van der Waals surface area contributed by atoms with Gasteiger partial charge in [-0.05, 0) is 96.3 Å². The van der Waals surface area contributed by atoms with Gasteiger partial charge in [0.15, 0.2) is 46.1 Å². The van der Waals surface area contributed by atoms with Crippen LogP contribution in [0.25, 0.3) is 11.1 Å². The number of Topliss-reactive ketones (excluding diaryl/α,β-unsaturated/α-hetero) is 3. The van der Waals surface area contributed by atoms with Crippen molar-refractivity contribution in [1.29, 1.82) is 0 Å². The molecule has 29 nitrogen and oxygen atoms in total. The molecule has 11 rings (SSSR count). The summed E-state index contributed by atoms with van der Waals surface area (Å²) in [4.78, 5) is 117. The molecule has 119 heavy (non-hydrogen) atoms. The quantitative estimate of drug-likeness (QED) is 0.0236. The summed E-state index contributed by atoms with van der Waals surface area (Å²) >= 11 is 0. The molecular weight excluding hydrogens is 1530 g/mol. The number of carbonyl (C=O) groups is 8. The van der Waals surface area contributed by atoms with Crippen molar-refractivity contribution in [2.45, 2.75) is 103 Å². The normalized spacial score (nSPS) is 18.6. The van der Waals surface area contributed by atoms with Gasteiger partial charge in [-0.1, -0.05) is 98.7 Å². The van der Waals surface area contributed by atoms with Crippen LogP contribution in [0.5, 0.6) is 34.5 Å². The van der Waals surface area contributed by atoms with Crippen LogP contribution in [0.2, 0.25) is 0 Å². The number of aliphatic imine (C=N–C) groups is 2. The minimum Gasteiger partial charge on any atom is -0.493 e. The Kier molecular flexibility index (Phi) is 34.8. The lowest BCUT2D eigenvalue weighted by molar-refractivity contribution is -0.132. The molecule has 0 saturated heterocycles. The van der Waals surface area contributed by atoms with E-state index in [-0.39, 0.29) is 105 Å². The molecule has 4 N–H and O–H groups in total. The molecule has 4 aliphatic heterocycles. The number of hydrogen-bond acceptors (Lipinski definition) is 24. The van der Waals surface area contributed by atoms with E-state index in [1.807, 2.05) is 91.4 Å². The second-order valence-electron chi connectivity index (χ2n) is 29.5. The average Bonchev–Trinajstić information content (AvgIpc) is 1.70. The highest BCUT2D eigenvalue weighted by Crippen LogP contribution is 2.44. The Hall–Kier alpha value is -10.8. The highest BCUT2D eigenvalue weighted by Gasteiger charge is 2.42. The zero-order valence-electron chi connectivity index (χ0n) is 68.4. The van der Waals surface area contributed by atoms with Gasteiger partial charge in [0.05, 0.1) is 168 Å². The van der Waals surface area contributed by atoms with Crippen LogP contribution in [0.15, 0.2) is 149 Å². The second kappa shape index (κ2) is 46.6. The number of anilines is 1. The summed E-state index contributed by atoms with van der Waals surface area (Å²) in [7, 11) is 3.04. The van der Waals surface area contributed by atoms with E-state index < -0.39 is 35.7 Å². The summed E-state index contributed by atoms with van der Waals surface area (Å²) in [5.41, 5.74) is 7.92. The van der Waals surface area contributed by atoms with Crippen LogP contribution < -0.4 is 49.7 Å². The molecule has 29 heteroatoms. The molecular formula is C90H109N7O22. The van der Waals surface area contributed by atoms with Gasteiger partial charge < -0.3 is 92.5 Å². The molecule has 1 saturated carbocycles. The number of benzene rings is 4. The number of methoxy groups -OCH3 is 2. The lowest BCUT2D eigenvalue weighted by Gasteiger charge is -2.24. The van der Waals surface area contributed by atoms with Gasteiger partial charge in [-0.25, -0.2) is 0 Å². The average molecular weight is 1640 g/mol. The first-order valence-electron chi connectivity index (χ1n) is 40.8. The zero-order valence-corrected chi connectivity index (χ0v) is 68.4. The smallest absolute Gasteiger partial charge is 0.260 e. The fourth-order valence-corrected chi connectivity index (χ4v) is 14.2. The number of amides is 5. The van der Waals surface area contributed by atoms with Crippen LogP contribution in [0, 0.1) is 23.7 Å². The summed E-state index contributed by atoms with van der Waals surface area (Å²) in [6.45, 7) is 12.0. The van der Waals surface area contributed by atoms with Crippen molar-refractivity contribution in [1.82, 2.24) is 20.9 Å². The first-order valence-corrected chi connectivity index (χ1v) is 40.8. The van der Waals surface area contributed by atoms with E-state index in [1.54, 1.807) is 68.3 Å². The van der Waals surface area contributed by atoms with Crippen molar-refractivity contribution in [3.8, 4) is 34.5 Å². The number of nitrogens with zero attached hydrogens (tertiary/aromatic N) is 3. The summed E-state index contributed by atoms with van der Waals surface area (Å²) < 4.78 is 79.5. The van der Waals surface area contributed by atoms with Crippen LogP contribution in [-0.4, -0.2) is 229 Å². The predicted octanol–water partition coefficient (Wildman–Crippen LogP) is 10.7. The molecule has 0 radical (unpaired) electrons. The van der Waals surface area contributed by atoms with Crippen molar-refractivity contribution >= 4 is 87.5 Å². The fourth-order valence-electron chi connectivity index (χ4n) is 14.2. The third-order valence-electron chi connectivity index (χ3n) is 20.8. The third-order valence-corrected chi connectivity index (χ3v) is 20.8. The van der Waals surface area contributed by atoms with Gasteiger partial charge in [-0.15, -0.1) is 0 Å². The number of ether oxygens (including phenoxy) is 14. The van der Waals surface area contributed by atoms with Gasteiger partial charge in [0, 0.05) is 93.0 Å². The van der Waals surface area contributed by atoms with Gasteiger partial charge in [0.1, 0.15) is 17.9 Å². The minimum atomic E-state index is -0.947. The van der Waals surface area contributed by atoms with Crippen LogP contribution in [0.1, 0.15) is 117 Å². The molecule has 4 aromatic carbocycles. The highest BCUT2D eigenvalue weighted by molar-refractivity contribution is 6.11. The molecule has 3 unspecified atom stereocenters. The number of nitrogens with one attached hydrogen (secondary N) is 4. The SMILES string of the molecule is COc1cc2c(cc1OCCCOc1cc3c(cc1OC)C(=O)N1C=C(c4ccc(NC(=O)[C@H](C)NC(=O)C(NC(=O)CCOCCOCCOCCOCCOCCOCCOCCOCCNC(=O)CCCCC5C(=O)CC(C6=C/C=C\C=C/C=C6)C5=O)C(C)C)cc4)C[C@H]1C=N3)N=C[C@@H]1CC(c3ccc4c(c3)OCO4)=CC=C1CC2=O. The number of rotatable bonds is 49. The van der Waals surface area contributed by atoms with Gasteiger partial charge in [0.2, 0.25) is 30.4 Å². The monoisotopic (exact) mass is 1640 g/mol. The number of carbonyl (C=O) groups excluding carboxylic acids is 8. The third kappa shape index (κ3) is 26.4. The number of fused-ring (bicyclic) bond motifs is 5. The Labute approximate surface area is 693 Å². The second-order valence-corrected chi connectivity index (χ2v) is 29.5. The summed E-state index contributed by atoms with van der Waals surface area (Å²) in [6, 6.07) is 17.6. The van der Waals surface area contributed by atoms with Crippen molar-refractivity contribution < 1.29 is 105 Å². The molecule has 7 aliphatic rings. The minimum absolute atomic E-state index is 0.0108. The molecule has 4 heterocycles. The molecule has 636 valence electrons. The Morgan fingerprint density at radius 3 is 1.79 bits per heavy atom. The molecule has 0 aromatic heterocycles. The van der Waals surface area contributed by atoms with E-state index >= 15 is 0 Å². The maximum atomic E-state index is 14.2. The van der Waals surface area contributed by atoms with E-state index in [4.69, 9.17) is 76.3 Å². The van der Waals surface area contributed by atoms with Crippen LogP contribution in [0.4, 0.5) is 17.1 Å². The van der Waals surface area contributed by atoms with E-state index in [2.05, 4.69) is 27.3 Å². The van der Waals surface area contributed by atoms with Gasteiger partial charge in [-0.3, -0.25) is 48.3 Å². The molecule has 3 aliphatic carbocycles. The summed E-state index contributed by atoms with van der Waals surface area (Å²) in [5, 5.41) is 11.2. The lowest BCUT2D eigenvalue weighted by Crippen LogP contribution is -2.53.